The second-order valence-corrected chi connectivity index (χ2v) is 5.37. The lowest BCUT2D eigenvalue weighted by atomic mass is 10.1. The number of hydrogen-bond acceptors (Lipinski definition) is 7. The largest absolute Gasteiger partial charge is 0.474 e. The van der Waals surface area contributed by atoms with Crippen LogP contribution in [0.3, 0.4) is 0 Å². The Hall–Kier alpha value is -3.55. The van der Waals surface area contributed by atoms with Gasteiger partial charge in [0.2, 0.25) is 11.7 Å². The minimum absolute atomic E-state index is 0.108. The van der Waals surface area contributed by atoms with Crippen LogP contribution < -0.4 is 15.2 Å². The van der Waals surface area contributed by atoms with Gasteiger partial charge in [0.15, 0.2) is 0 Å². The summed E-state index contributed by atoms with van der Waals surface area (Å²) in [6, 6.07) is 9.76. The summed E-state index contributed by atoms with van der Waals surface area (Å²) in [5.74, 6) is -0.572. The predicted octanol–water partition coefficient (Wildman–Crippen LogP) is 1.80. The number of carbonyl (C=O) groups is 1. The Bertz CT molecular complexity index is 885. The Labute approximate surface area is 150 Å². The zero-order chi connectivity index (χ0) is 18.4. The monoisotopic (exact) mass is 351 g/mol. The van der Waals surface area contributed by atoms with E-state index in [0.717, 1.165) is 11.1 Å². The third-order valence-electron chi connectivity index (χ3n) is 3.43. The highest BCUT2D eigenvalue weighted by atomic mass is 16.5. The summed E-state index contributed by atoms with van der Waals surface area (Å²) in [7, 11) is 0. The molecule has 0 spiro atoms. The van der Waals surface area contributed by atoms with Gasteiger partial charge in [-0.05, 0) is 18.6 Å². The van der Waals surface area contributed by atoms with Gasteiger partial charge in [0, 0.05) is 18.6 Å². The number of benzene rings is 1. The number of ether oxygens (including phenoxy) is 2. The van der Waals surface area contributed by atoms with Crippen LogP contribution in [0.1, 0.15) is 16.2 Å². The number of aryl methyl sites for hydroxylation is 1. The van der Waals surface area contributed by atoms with Crippen molar-refractivity contribution < 1.29 is 14.3 Å². The summed E-state index contributed by atoms with van der Waals surface area (Å²) < 4.78 is 11.1. The van der Waals surface area contributed by atoms with Gasteiger partial charge in [-0.15, -0.1) is 0 Å². The van der Waals surface area contributed by atoms with E-state index in [4.69, 9.17) is 15.2 Å². The molecule has 0 saturated carbocycles. The number of nitrogens with zero attached hydrogens (tertiary/aromatic N) is 4. The highest BCUT2D eigenvalue weighted by Crippen LogP contribution is 2.27. The lowest BCUT2D eigenvalue weighted by molar-refractivity contribution is 0.0989. The average molecular weight is 351 g/mol. The van der Waals surface area contributed by atoms with Gasteiger partial charge in [-0.25, -0.2) is 15.0 Å². The van der Waals surface area contributed by atoms with Gasteiger partial charge in [0.1, 0.15) is 13.2 Å². The molecule has 2 aromatic heterocycles. The van der Waals surface area contributed by atoms with Gasteiger partial charge in [-0.1, -0.05) is 29.8 Å². The molecule has 0 aliphatic rings. The Balaban J connectivity index is 1.75. The Kier molecular flexibility index (Phi) is 5.33. The fourth-order valence-electron chi connectivity index (χ4n) is 2.16. The van der Waals surface area contributed by atoms with E-state index in [1.165, 1.54) is 6.20 Å². The van der Waals surface area contributed by atoms with Crippen LogP contribution in [0.2, 0.25) is 0 Å². The highest BCUT2D eigenvalue weighted by molar-refractivity contribution is 5.89. The molecule has 0 saturated heterocycles. The smallest absolute Gasteiger partial charge is 0.316 e. The van der Waals surface area contributed by atoms with Crippen LogP contribution in [0, 0.1) is 6.92 Å². The molecule has 26 heavy (non-hydrogen) atoms. The van der Waals surface area contributed by atoms with Crippen LogP contribution in [0.15, 0.2) is 48.9 Å². The van der Waals surface area contributed by atoms with Crippen molar-refractivity contribution in [1.29, 1.82) is 0 Å². The molecule has 1 amide bonds. The predicted molar refractivity (Wildman–Crippen MR) is 93.7 cm³/mol. The maximum absolute atomic E-state index is 11.4. The molecule has 0 bridgehead atoms. The standard InChI is InChI=1S/C18H17N5O3/c1-12-3-5-13(6-4-12)14-11-22-16(15(19)24)23-17(14)25-9-10-26-18-20-7-2-8-21-18/h2-8,11H,9-10H2,1H3,(H2,19,24). The number of nitrogens with two attached hydrogens (primary N) is 1. The molecule has 2 N–H and O–H groups in total. The maximum atomic E-state index is 11.4. The summed E-state index contributed by atoms with van der Waals surface area (Å²) in [4.78, 5) is 27.4. The number of aromatic nitrogens is 4. The first-order chi connectivity index (χ1) is 12.6. The number of rotatable bonds is 7. The normalized spacial score (nSPS) is 10.3. The van der Waals surface area contributed by atoms with Crippen molar-refractivity contribution in [2.24, 2.45) is 5.73 Å². The van der Waals surface area contributed by atoms with Gasteiger partial charge in [-0.2, -0.15) is 4.98 Å². The number of hydrogen-bond donors (Lipinski definition) is 1. The first kappa shape index (κ1) is 17.3. The molecular weight excluding hydrogens is 334 g/mol. The quantitative estimate of drug-likeness (QED) is 0.646. The van der Waals surface area contributed by atoms with Gasteiger partial charge >= 0.3 is 6.01 Å². The first-order valence-electron chi connectivity index (χ1n) is 7.90. The molecule has 8 nitrogen and oxygen atoms in total. The second kappa shape index (κ2) is 8.02. The zero-order valence-electron chi connectivity index (χ0n) is 14.1. The molecule has 3 aromatic rings. The summed E-state index contributed by atoms with van der Waals surface area (Å²) in [6.07, 6.45) is 4.69. The third-order valence-corrected chi connectivity index (χ3v) is 3.43. The number of carbonyl (C=O) groups excluding carboxylic acids is 1. The average Bonchev–Trinajstić information content (AvgIpc) is 2.66. The fraction of sp³-hybridized carbons (Fsp3) is 0.167. The molecular formula is C18H17N5O3. The van der Waals surface area contributed by atoms with Crippen molar-refractivity contribution in [3.63, 3.8) is 0 Å². The van der Waals surface area contributed by atoms with Crippen molar-refractivity contribution in [2.75, 3.05) is 13.2 Å². The lowest BCUT2D eigenvalue weighted by Crippen LogP contribution is -2.17. The van der Waals surface area contributed by atoms with Gasteiger partial charge in [-0.3, -0.25) is 4.79 Å². The molecule has 1 aromatic carbocycles. The number of amides is 1. The fourth-order valence-corrected chi connectivity index (χ4v) is 2.16. The first-order valence-corrected chi connectivity index (χ1v) is 7.90. The lowest BCUT2D eigenvalue weighted by Gasteiger charge is -2.11. The SMILES string of the molecule is Cc1ccc(-c2cnc(C(N)=O)nc2OCCOc2ncccn2)cc1. The molecule has 3 rings (SSSR count). The minimum atomic E-state index is -0.723. The Morgan fingerprint density at radius 3 is 2.42 bits per heavy atom. The van der Waals surface area contributed by atoms with Crippen molar-refractivity contribution in [3.05, 3.63) is 60.3 Å². The van der Waals surface area contributed by atoms with Crippen LogP contribution in [-0.2, 0) is 0 Å². The molecule has 2 heterocycles. The van der Waals surface area contributed by atoms with Crippen LogP contribution in [0.25, 0.3) is 11.1 Å². The summed E-state index contributed by atoms with van der Waals surface area (Å²) in [5.41, 5.74) is 7.92. The minimum Gasteiger partial charge on any atom is -0.474 e. The van der Waals surface area contributed by atoms with Crippen LogP contribution >= 0.6 is 0 Å². The van der Waals surface area contributed by atoms with Gasteiger partial charge in [0.25, 0.3) is 5.91 Å². The van der Waals surface area contributed by atoms with E-state index >= 15 is 0 Å². The van der Waals surface area contributed by atoms with E-state index in [9.17, 15) is 4.79 Å². The van der Waals surface area contributed by atoms with Crippen LogP contribution in [-0.4, -0.2) is 39.1 Å². The Morgan fingerprint density at radius 2 is 1.73 bits per heavy atom. The van der Waals surface area contributed by atoms with E-state index in [1.807, 2.05) is 31.2 Å². The van der Waals surface area contributed by atoms with E-state index < -0.39 is 5.91 Å². The zero-order valence-corrected chi connectivity index (χ0v) is 14.1. The molecule has 0 unspecified atom stereocenters. The van der Waals surface area contributed by atoms with E-state index in [2.05, 4.69) is 19.9 Å². The Morgan fingerprint density at radius 1 is 1.04 bits per heavy atom. The summed E-state index contributed by atoms with van der Waals surface area (Å²) in [5, 5.41) is 0. The van der Waals surface area contributed by atoms with Gasteiger partial charge < -0.3 is 15.2 Å². The molecule has 8 heteroatoms. The van der Waals surface area contributed by atoms with Crippen molar-refractivity contribution in [1.82, 2.24) is 19.9 Å². The molecule has 0 atom stereocenters. The van der Waals surface area contributed by atoms with Gasteiger partial charge in [0.05, 0.1) is 5.56 Å². The molecule has 132 valence electrons. The summed E-state index contributed by atoms with van der Waals surface area (Å²) in [6.45, 7) is 2.40. The van der Waals surface area contributed by atoms with E-state index in [-0.39, 0.29) is 30.9 Å². The van der Waals surface area contributed by atoms with Crippen molar-refractivity contribution in [3.8, 4) is 23.0 Å². The highest BCUT2D eigenvalue weighted by Gasteiger charge is 2.14. The number of primary amides is 1. The van der Waals surface area contributed by atoms with Crippen LogP contribution in [0.4, 0.5) is 0 Å². The van der Waals surface area contributed by atoms with Crippen LogP contribution in [0.5, 0.6) is 11.9 Å². The summed E-state index contributed by atoms with van der Waals surface area (Å²) >= 11 is 0. The molecule has 0 aliphatic carbocycles. The van der Waals surface area contributed by atoms with Crippen molar-refractivity contribution in [2.45, 2.75) is 6.92 Å². The topological polar surface area (TPSA) is 113 Å². The third kappa shape index (κ3) is 4.29. The second-order valence-electron chi connectivity index (χ2n) is 5.37. The molecule has 0 radical (unpaired) electrons. The van der Waals surface area contributed by atoms with E-state index in [0.29, 0.717) is 5.56 Å². The molecule has 0 aliphatic heterocycles. The van der Waals surface area contributed by atoms with Crippen molar-refractivity contribution >= 4 is 5.91 Å². The maximum Gasteiger partial charge on any atom is 0.316 e. The van der Waals surface area contributed by atoms with E-state index in [1.54, 1.807) is 18.5 Å². The molecule has 0 fully saturated rings.